The Morgan fingerprint density at radius 3 is 2.62 bits per heavy atom. The standard InChI is InChI=1S/C19H14F3N5O2/c20-19(21,22)12-7-4-8-13(9-12)23-15(28)10-14-17(29)25-18-24-16(26-27(14)18)11-5-2-1-3-6-11/h1-9,14H,10H2,(H,23,28)(H,24,25,26,29). The summed E-state index contributed by atoms with van der Waals surface area (Å²) in [5, 5.41) is 9.24. The van der Waals surface area contributed by atoms with Crippen molar-refractivity contribution in [1.82, 2.24) is 14.8 Å². The number of carbonyl (C=O) groups excluding carboxylic acids is 2. The molecule has 1 unspecified atom stereocenters. The number of amides is 2. The summed E-state index contributed by atoms with van der Waals surface area (Å²) < 4.78 is 39.7. The third kappa shape index (κ3) is 3.82. The SMILES string of the molecule is O=C(CC1C(=O)Nc2nc(-c3ccccc3)nn21)Nc1cccc(C(F)(F)F)c1. The van der Waals surface area contributed by atoms with Crippen LogP contribution in [0.15, 0.2) is 54.6 Å². The fourth-order valence-corrected chi connectivity index (χ4v) is 2.98. The Hall–Kier alpha value is -3.69. The van der Waals surface area contributed by atoms with Crippen LogP contribution in [0.1, 0.15) is 18.0 Å². The molecule has 148 valence electrons. The largest absolute Gasteiger partial charge is 0.416 e. The molecule has 1 aromatic heterocycles. The quantitative estimate of drug-likeness (QED) is 0.701. The zero-order valence-electron chi connectivity index (χ0n) is 14.8. The molecule has 0 spiro atoms. The van der Waals surface area contributed by atoms with Crippen LogP contribution >= 0.6 is 0 Å². The number of nitrogens with zero attached hydrogens (tertiary/aromatic N) is 3. The van der Waals surface area contributed by atoms with Gasteiger partial charge in [0.25, 0.3) is 5.91 Å². The Bertz CT molecular complexity index is 1080. The molecule has 7 nitrogen and oxygen atoms in total. The number of anilines is 2. The van der Waals surface area contributed by atoms with Gasteiger partial charge in [0.15, 0.2) is 5.82 Å². The van der Waals surface area contributed by atoms with Gasteiger partial charge in [0.1, 0.15) is 6.04 Å². The Balaban J connectivity index is 1.50. The van der Waals surface area contributed by atoms with Crippen LogP contribution in [-0.2, 0) is 15.8 Å². The summed E-state index contributed by atoms with van der Waals surface area (Å²) in [5.41, 5.74) is -0.136. The smallest absolute Gasteiger partial charge is 0.326 e. The van der Waals surface area contributed by atoms with Crippen molar-refractivity contribution in [3.8, 4) is 11.4 Å². The molecule has 29 heavy (non-hydrogen) atoms. The Kier molecular flexibility index (Phi) is 4.53. The monoisotopic (exact) mass is 401 g/mol. The van der Waals surface area contributed by atoms with Crippen LogP contribution in [0.3, 0.4) is 0 Å². The first-order valence-electron chi connectivity index (χ1n) is 8.61. The van der Waals surface area contributed by atoms with Crippen LogP contribution in [0.4, 0.5) is 24.8 Å². The second-order valence-electron chi connectivity index (χ2n) is 6.41. The predicted molar refractivity (Wildman–Crippen MR) is 97.8 cm³/mol. The van der Waals surface area contributed by atoms with Crippen LogP contribution < -0.4 is 10.6 Å². The third-order valence-electron chi connectivity index (χ3n) is 4.35. The first-order chi connectivity index (χ1) is 13.8. The minimum Gasteiger partial charge on any atom is -0.326 e. The topological polar surface area (TPSA) is 88.9 Å². The summed E-state index contributed by atoms with van der Waals surface area (Å²) in [6, 6.07) is 12.4. The van der Waals surface area contributed by atoms with E-state index in [-0.39, 0.29) is 18.1 Å². The number of benzene rings is 2. The van der Waals surface area contributed by atoms with Crippen molar-refractivity contribution < 1.29 is 22.8 Å². The van der Waals surface area contributed by atoms with Crippen LogP contribution in [-0.4, -0.2) is 26.6 Å². The van der Waals surface area contributed by atoms with Crippen LogP contribution in [0.25, 0.3) is 11.4 Å². The molecule has 3 aromatic rings. The van der Waals surface area contributed by atoms with Crippen molar-refractivity contribution in [2.24, 2.45) is 0 Å². The lowest BCUT2D eigenvalue weighted by atomic mass is 10.1. The molecule has 0 aliphatic carbocycles. The van der Waals surface area contributed by atoms with E-state index in [2.05, 4.69) is 20.7 Å². The zero-order valence-corrected chi connectivity index (χ0v) is 14.8. The number of fused-ring (bicyclic) bond motifs is 1. The number of hydrogen-bond donors (Lipinski definition) is 2. The van der Waals surface area contributed by atoms with Gasteiger partial charge < -0.3 is 5.32 Å². The second-order valence-corrected chi connectivity index (χ2v) is 6.41. The van der Waals surface area contributed by atoms with Crippen LogP contribution in [0.5, 0.6) is 0 Å². The molecule has 0 bridgehead atoms. The van der Waals surface area contributed by atoms with E-state index in [9.17, 15) is 22.8 Å². The molecular formula is C19H14F3N5O2. The molecular weight excluding hydrogens is 387 g/mol. The highest BCUT2D eigenvalue weighted by Gasteiger charge is 2.35. The normalized spacial score (nSPS) is 15.7. The minimum absolute atomic E-state index is 0.00739. The first kappa shape index (κ1) is 18.7. The molecule has 1 aliphatic heterocycles. The number of halogens is 3. The van der Waals surface area contributed by atoms with Crippen molar-refractivity contribution in [3.05, 3.63) is 60.2 Å². The van der Waals surface area contributed by atoms with Gasteiger partial charge in [-0.3, -0.25) is 14.9 Å². The lowest BCUT2D eigenvalue weighted by Crippen LogP contribution is -2.24. The molecule has 0 radical (unpaired) electrons. The second kappa shape index (κ2) is 7.04. The summed E-state index contributed by atoms with van der Waals surface area (Å²) in [5.74, 6) is -0.470. The average Bonchev–Trinajstić information content (AvgIpc) is 3.21. The van der Waals surface area contributed by atoms with Crippen molar-refractivity contribution in [2.75, 3.05) is 10.6 Å². The Morgan fingerprint density at radius 2 is 1.90 bits per heavy atom. The van der Waals surface area contributed by atoms with Crippen molar-refractivity contribution >= 4 is 23.5 Å². The summed E-state index contributed by atoms with van der Waals surface area (Å²) in [6.45, 7) is 0. The van der Waals surface area contributed by atoms with Gasteiger partial charge in [0.05, 0.1) is 12.0 Å². The van der Waals surface area contributed by atoms with Gasteiger partial charge >= 0.3 is 6.18 Å². The maximum absolute atomic E-state index is 12.8. The van der Waals surface area contributed by atoms with Crippen LogP contribution in [0.2, 0.25) is 0 Å². The number of rotatable bonds is 4. The van der Waals surface area contributed by atoms with Gasteiger partial charge in [-0.2, -0.15) is 18.2 Å². The summed E-state index contributed by atoms with van der Waals surface area (Å²) in [4.78, 5) is 28.8. The molecule has 2 heterocycles. The lowest BCUT2D eigenvalue weighted by molar-refractivity contribution is -0.137. The summed E-state index contributed by atoms with van der Waals surface area (Å²) in [7, 11) is 0. The molecule has 0 saturated carbocycles. The van der Waals surface area contributed by atoms with E-state index in [4.69, 9.17) is 0 Å². The van der Waals surface area contributed by atoms with Crippen LogP contribution in [0, 0.1) is 0 Å². The molecule has 1 atom stereocenters. The Morgan fingerprint density at radius 1 is 1.14 bits per heavy atom. The average molecular weight is 401 g/mol. The predicted octanol–water partition coefficient (Wildman–Crippen LogP) is 3.49. The van der Waals surface area contributed by atoms with E-state index >= 15 is 0 Å². The fraction of sp³-hybridized carbons (Fsp3) is 0.158. The van der Waals surface area contributed by atoms with Gasteiger partial charge in [-0.1, -0.05) is 36.4 Å². The lowest BCUT2D eigenvalue weighted by Gasteiger charge is -2.12. The molecule has 0 fully saturated rings. The fourth-order valence-electron chi connectivity index (χ4n) is 2.98. The van der Waals surface area contributed by atoms with Gasteiger partial charge in [-0.15, -0.1) is 5.10 Å². The van der Waals surface area contributed by atoms with E-state index in [1.54, 1.807) is 0 Å². The number of alkyl halides is 3. The van der Waals surface area contributed by atoms with Crippen molar-refractivity contribution in [2.45, 2.75) is 18.6 Å². The highest BCUT2D eigenvalue weighted by Crippen LogP contribution is 2.31. The molecule has 2 aromatic carbocycles. The van der Waals surface area contributed by atoms with Crippen molar-refractivity contribution in [1.29, 1.82) is 0 Å². The molecule has 4 rings (SSSR count). The van der Waals surface area contributed by atoms with E-state index in [1.807, 2.05) is 30.3 Å². The van der Waals surface area contributed by atoms with E-state index < -0.39 is 29.6 Å². The van der Waals surface area contributed by atoms with Gasteiger partial charge in [-0.25, -0.2) is 4.68 Å². The Labute approximate surface area is 162 Å². The maximum Gasteiger partial charge on any atom is 0.416 e. The van der Waals surface area contributed by atoms with Crippen molar-refractivity contribution in [3.63, 3.8) is 0 Å². The number of aromatic nitrogens is 3. The van der Waals surface area contributed by atoms with E-state index in [1.165, 1.54) is 16.8 Å². The summed E-state index contributed by atoms with van der Waals surface area (Å²) >= 11 is 0. The molecule has 0 saturated heterocycles. The van der Waals surface area contributed by atoms with Gasteiger partial charge in [0.2, 0.25) is 11.9 Å². The van der Waals surface area contributed by atoms with Gasteiger partial charge in [0, 0.05) is 11.3 Å². The van der Waals surface area contributed by atoms with Gasteiger partial charge in [-0.05, 0) is 18.2 Å². The number of carbonyl (C=O) groups is 2. The third-order valence-corrected chi connectivity index (χ3v) is 4.35. The first-order valence-corrected chi connectivity index (χ1v) is 8.61. The number of hydrogen-bond acceptors (Lipinski definition) is 4. The highest BCUT2D eigenvalue weighted by atomic mass is 19.4. The minimum atomic E-state index is -4.52. The van der Waals surface area contributed by atoms with E-state index in [0.29, 0.717) is 5.82 Å². The molecule has 1 aliphatic rings. The highest BCUT2D eigenvalue weighted by molar-refractivity contribution is 6.01. The molecule has 2 amide bonds. The molecule has 10 heteroatoms. The molecule has 2 N–H and O–H groups in total. The zero-order chi connectivity index (χ0) is 20.6. The summed E-state index contributed by atoms with van der Waals surface area (Å²) in [6.07, 6.45) is -4.82. The van der Waals surface area contributed by atoms with E-state index in [0.717, 1.165) is 17.7 Å². The number of nitrogens with one attached hydrogen (secondary N) is 2. The maximum atomic E-state index is 12.8.